The molecule has 1 fully saturated rings. The van der Waals surface area contributed by atoms with Crippen LogP contribution in [0.3, 0.4) is 0 Å². The molecule has 23 heavy (non-hydrogen) atoms. The van der Waals surface area contributed by atoms with Crippen LogP contribution in [-0.2, 0) is 11.3 Å². The molecule has 1 atom stereocenters. The number of ketones is 1. The van der Waals surface area contributed by atoms with Gasteiger partial charge in [-0.05, 0) is 11.6 Å². The number of hydrogen-bond acceptors (Lipinski definition) is 4. The Morgan fingerprint density at radius 3 is 2.91 bits per heavy atom. The smallest absolute Gasteiger partial charge is 0.164 e. The van der Waals surface area contributed by atoms with E-state index in [9.17, 15) is 4.79 Å². The van der Waals surface area contributed by atoms with Crippen LogP contribution in [0.25, 0.3) is 0 Å². The Balaban J connectivity index is 1.69. The fourth-order valence-corrected chi connectivity index (χ4v) is 2.97. The van der Waals surface area contributed by atoms with Gasteiger partial charge in [-0.25, -0.2) is 0 Å². The van der Waals surface area contributed by atoms with Crippen molar-refractivity contribution in [2.75, 3.05) is 19.8 Å². The number of ether oxygens (including phenoxy) is 1. The second-order valence-corrected chi connectivity index (χ2v) is 6.07. The molecular formula is C18H19ClN2O2. The third-order valence-corrected chi connectivity index (χ3v) is 4.44. The molecule has 0 saturated carbocycles. The molecule has 0 bridgehead atoms. The van der Waals surface area contributed by atoms with E-state index in [1.807, 2.05) is 36.4 Å². The average molecular weight is 331 g/mol. The summed E-state index contributed by atoms with van der Waals surface area (Å²) in [6.07, 6.45) is 3.85. The Hall–Kier alpha value is -1.75. The van der Waals surface area contributed by atoms with Crippen LogP contribution in [0.2, 0.25) is 5.02 Å². The maximum absolute atomic E-state index is 12.5. The van der Waals surface area contributed by atoms with Crippen molar-refractivity contribution in [2.24, 2.45) is 0 Å². The first kappa shape index (κ1) is 16.1. The Morgan fingerprint density at radius 2 is 2.13 bits per heavy atom. The van der Waals surface area contributed by atoms with E-state index in [1.165, 1.54) is 0 Å². The lowest BCUT2D eigenvalue weighted by Gasteiger charge is -2.35. The van der Waals surface area contributed by atoms with E-state index in [-0.39, 0.29) is 11.8 Å². The number of Topliss-reactive ketones (excluding diaryl/α,β-unsaturated/α-hetero) is 1. The predicted molar refractivity (Wildman–Crippen MR) is 89.7 cm³/mol. The van der Waals surface area contributed by atoms with Gasteiger partial charge in [-0.3, -0.25) is 14.7 Å². The molecule has 2 aromatic rings. The highest BCUT2D eigenvalue weighted by molar-refractivity contribution is 6.31. The number of carbonyl (C=O) groups is 1. The second-order valence-electron chi connectivity index (χ2n) is 5.66. The highest BCUT2D eigenvalue weighted by Gasteiger charge is 2.26. The molecule has 5 heteroatoms. The number of pyridine rings is 1. The van der Waals surface area contributed by atoms with E-state index in [4.69, 9.17) is 16.3 Å². The molecule has 1 aliphatic rings. The van der Waals surface area contributed by atoms with Gasteiger partial charge in [0.1, 0.15) is 0 Å². The van der Waals surface area contributed by atoms with E-state index in [1.54, 1.807) is 12.4 Å². The van der Waals surface area contributed by atoms with Gasteiger partial charge in [0.15, 0.2) is 5.78 Å². The fourth-order valence-electron chi connectivity index (χ4n) is 2.79. The lowest BCUT2D eigenvalue weighted by molar-refractivity contribution is -0.0125. The second kappa shape index (κ2) is 7.68. The van der Waals surface area contributed by atoms with Crippen LogP contribution < -0.4 is 0 Å². The number of rotatable bonds is 5. The van der Waals surface area contributed by atoms with Crippen LogP contribution in [0.15, 0.2) is 48.8 Å². The van der Waals surface area contributed by atoms with Crippen LogP contribution in [0.5, 0.6) is 0 Å². The van der Waals surface area contributed by atoms with Crippen LogP contribution in [0.4, 0.5) is 0 Å². The fraction of sp³-hybridized carbons (Fsp3) is 0.333. The van der Waals surface area contributed by atoms with Crippen LogP contribution in [-0.4, -0.2) is 41.5 Å². The molecule has 2 heterocycles. The lowest BCUT2D eigenvalue weighted by Crippen LogP contribution is -2.45. The Morgan fingerprint density at radius 1 is 1.30 bits per heavy atom. The van der Waals surface area contributed by atoms with E-state index in [0.29, 0.717) is 31.2 Å². The molecule has 1 aromatic carbocycles. The standard InChI is InChI=1S/C18H19ClN2O2/c19-17-11-20-7-6-15(17)12-21-8-9-23-13-16(21)10-18(22)14-4-2-1-3-5-14/h1-7,11,16H,8-10,12-13H2. The third-order valence-electron chi connectivity index (χ3n) is 4.10. The minimum atomic E-state index is 0.0701. The minimum absolute atomic E-state index is 0.0701. The SMILES string of the molecule is O=C(CC1COCCN1Cc1ccncc1Cl)c1ccccc1. The number of morpholine rings is 1. The van der Waals surface area contributed by atoms with Crippen molar-refractivity contribution < 1.29 is 9.53 Å². The van der Waals surface area contributed by atoms with Gasteiger partial charge < -0.3 is 4.74 Å². The number of nitrogens with zero attached hydrogens (tertiary/aromatic N) is 2. The quantitative estimate of drug-likeness (QED) is 0.789. The molecule has 1 unspecified atom stereocenters. The van der Waals surface area contributed by atoms with E-state index >= 15 is 0 Å². The number of carbonyl (C=O) groups excluding carboxylic acids is 1. The maximum atomic E-state index is 12.5. The summed E-state index contributed by atoms with van der Waals surface area (Å²) in [4.78, 5) is 18.7. The highest BCUT2D eigenvalue weighted by atomic mass is 35.5. The Bertz CT molecular complexity index is 663. The van der Waals surface area contributed by atoms with Crippen LogP contribution >= 0.6 is 11.6 Å². The molecule has 1 saturated heterocycles. The molecular weight excluding hydrogens is 312 g/mol. The molecule has 0 amide bonds. The van der Waals surface area contributed by atoms with E-state index < -0.39 is 0 Å². The van der Waals surface area contributed by atoms with E-state index in [2.05, 4.69) is 9.88 Å². The summed E-state index contributed by atoms with van der Waals surface area (Å²) in [5, 5.41) is 0.659. The number of halogens is 1. The first-order valence-corrected chi connectivity index (χ1v) is 8.10. The summed E-state index contributed by atoms with van der Waals surface area (Å²) in [7, 11) is 0. The van der Waals surface area contributed by atoms with Gasteiger partial charge in [-0.1, -0.05) is 41.9 Å². The predicted octanol–water partition coefficient (Wildman–Crippen LogP) is 3.21. The van der Waals surface area contributed by atoms with Gasteiger partial charge in [0.2, 0.25) is 0 Å². The van der Waals surface area contributed by atoms with Crippen LogP contribution in [0.1, 0.15) is 22.3 Å². The lowest BCUT2D eigenvalue weighted by atomic mass is 10.0. The van der Waals surface area contributed by atoms with Gasteiger partial charge in [-0.15, -0.1) is 0 Å². The summed E-state index contributed by atoms with van der Waals surface area (Å²) in [5.41, 5.74) is 1.78. The Labute approximate surface area is 141 Å². The molecule has 0 N–H and O–H groups in total. The maximum Gasteiger partial charge on any atom is 0.164 e. The molecule has 0 radical (unpaired) electrons. The zero-order valence-electron chi connectivity index (χ0n) is 12.8. The summed E-state index contributed by atoms with van der Waals surface area (Å²) in [6, 6.07) is 11.4. The van der Waals surface area contributed by atoms with Gasteiger partial charge in [-0.2, -0.15) is 0 Å². The average Bonchev–Trinajstić information content (AvgIpc) is 2.59. The minimum Gasteiger partial charge on any atom is -0.378 e. The monoisotopic (exact) mass is 330 g/mol. The van der Waals surface area contributed by atoms with Crippen molar-refractivity contribution in [2.45, 2.75) is 19.0 Å². The zero-order chi connectivity index (χ0) is 16.1. The number of hydrogen-bond donors (Lipinski definition) is 0. The molecule has 0 aliphatic carbocycles. The van der Waals surface area contributed by atoms with Crippen molar-refractivity contribution in [3.8, 4) is 0 Å². The largest absolute Gasteiger partial charge is 0.378 e. The molecule has 3 rings (SSSR count). The van der Waals surface area contributed by atoms with Crippen molar-refractivity contribution in [3.05, 3.63) is 64.9 Å². The topological polar surface area (TPSA) is 42.4 Å². The molecule has 1 aromatic heterocycles. The summed E-state index contributed by atoms with van der Waals surface area (Å²) >= 11 is 6.21. The summed E-state index contributed by atoms with van der Waals surface area (Å²) in [6.45, 7) is 2.75. The van der Waals surface area contributed by atoms with Crippen molar-refractivity contribution in [1.82, 2.24) is 9.88 Å². The van der Waals surface area contributed by atoms with Gasteiger partial charge in [0.25, 0.3) is 0 Å². The number of aromatic nitrogens is 1. The van der Waals surface area contributed by atoms with Gasteiger partial charge in [0.05, 0.1) is 18.2 Å². The van der Waals surface area contributed by atoms with Gasteiger partial charge >= 0.3 is 0 Å². The number of benzene rings is 1. The first-order valence-electron chi connectivity index (χ1n) is 7.72. The third kappa shape index (κ3) is 4.16. The van der Waals surface area contributed by atoms with Crippen molar-refractivity contribution in [3.63, 3.8) is 0 Å². The molecule has 120 valence electrons. The zero-order valence-corrected chi connectivity index (χ0v) is 13.6. The highest BCUT2D eigenvalue weighted by Crippen LogP contribution is 2.21. The normalized spacial score (nSPS) is 18.7. The Kier molecular flexibility index (Phi) is 5.39. The molecule has 1 aliphatic heterocycles. The van der Waals surface area contributed by atoms with Crippen molar-refractivity contribution >= 4 is 17.4 Å². The molecule has 0 spiro atoms. The van der Waals surface area contributed by atoms with Gasteiger partial charge in [0, 0.05) is 43.5 Å². The summed E-state index contributed by atoms with van der Waals surface area (Å²) < 4.78 is 5.58. The van der Waals surface area contributed by atoms with Crippen molar-refractivity contribution in [1.29, 1.82) is 0 Å². The van der Waals surface area contributed by atoms with E-state index in [0.717, 1.165) is 17.7 Å². The first-order chi connectivity index (χ1) is 11.2. The summed E-state index contributed by atoms with van der Waals surface area (Å²) in [5.74, 6) is 0.145. The van der Waals surface area contributed by atoms with Crippen LogP contribution in [0, 0.1) is 0 Å². The molecule has 4 nitrogen and oxygen atoms in total.